The van der Waals surface area contributed by atoms with Gasteiger partial charge in [-0.25, -0.2) is 9.90 Å². The maximum Gasteiger partial charge on any atom is 0.206 e. The second kappa shape index (κ2) is 3.81. The summed E-state index contributed by atoms with van der Waals surface area (Å²) in [5.41, 5.74) is 2.19. The Kier molecular flexibility index (Phi) is 2.31. The highest BCUT2D eigenvalue weighted by Crippen LogP contribution is 2.41. The van der Waals surface area contributed by atoms with E-state index in [1.54, 1.807) is 0 Å². The van der Waals surface area contributed by atoms with Gasteiger partial charge in [0, 0.05) is 10.6 Å². The van der Waals surface area contributed by atoms with Crippen LogP contribution in [0.15, 0.2) is 54.6 Å². The van der Waals surface area contributed by atoms with E-state index in [1.165, 1.54) is 0 Å². The van der Waals surface area contributed by atoms with E-state index in [9.17, 15) is 0 Å². The zero-order valence-electron chi connectivity index (χ0n) is 8.51. The van der Waals surface area contributed by atoms with Crippen molar-refractivity contribution < 1.29 is 4.84 Å². The second-order valence-electron chi connectivity index (χ2n) is 3.67. The van der Waals surface area contributed by atoms with Gasteiger partial charge in [0.25, 0.3) is 0 Å². The van der Waals surface area contributed by atoms with E-state index in [4.69, 9.17) is 16.4 Å². The van der Waals surface area contributed by atoms with Crippen LogP contribution in [0.5, 0.6) is 0 Å². The molecule has 2 aromatic carbocycles. The first-order chi connectivity index (χ1) is 7.84. The van der Waals surface area contributed by atoms with Crippen LogP contribution in [-0.4, -0.2) is 0 Å². The number of hydrogen-bond donors (Lipinski definition) is 0. The molecule has 0 aliphatic carbocycles. The third-order valence-electron chi connectivity index (χ3n) is 2.55. The lowest BCUT2D eigenvalue weighted by Gasteiger charge is -1.99. The maximum absolute atomic E-state index is 5.84. The van der Waals surface area contributed by atoms with Gasteiger partial charge in [0.15, 0.2) is 0 Å². The summed E-state index contributed by atoms with van der Waals surface area (Å²) in [5, 5.41) is 2.62. The van der Waals surface area contributed by atoms with Crippen molar-refractivity contribution in [1.29, 1.82) is 0 Å². The van der Waals surface area contributed by atoms with Crippen molar-refractivity contribution >= 4 is 17.3 Å². The van der Waals surface area contributed by atoms with Crippen LogP contribution in [0.25, 0.3) is 0 Å². The van der Waals surface area contributed by atoms with E-state index in [-0.39, 0.29) is 6.23 Å². The largest absolute Gasteiger partial charge is 0.238 e. The molecule has 1 aliphatic rings. The van der Waals surface area contributed by atoms with Crippen molar-refractivity contribution in [3.63, 3.8) is 0 Å². The summed E-state index contributed by atoms with van der Waals surface area (Å²) < 4.78 is 0. The zero-order chi connectivity index (χ0) is 11.0. The summed E-state index contributed by atoms with van der Waals surface area (Å²) in [7, 11) is 0. The first-order valence-corrected chi connectivity index (χ1v) is 5.49. The Balaban J connectivity index is 1.79. The highest BCUT2D eigenvalue weighted by molar-refractivity contribution is 6.30. The molecule has 0 aromatic heterocycles. The Labute approximate surface area is 99.0 Å². The van der Waals surface area contributed by atoms with Gasteiger partial charge in [-0.15, -0.1) is 0 Å². The number of hydrogen-bond acceptors (Lipinski definition) is 2. The summed E-state index contributed by atoms with van der Waals surface area (Å²) in [5.74, 6) is 0. The fourth-order valence-electron chi connectivity index (χ4n) is 1.68. The van der Waals surface area contributed by atoms with E-state index in [0.717, 1.165) is 16.3 Å². The lowest BCUT2D eigenvalue weighted by atomic mass is 10.2. The molecule has 3 heteroatoms. The fourth-order valence-corrected chi connectivity index (χ4v) is 1.80. The van der Waals surface area contributed by atoms with Crippen molar-refractivity contribution in [2.75, 3.05) is 5.06 Å². The molecule has 0 N–H and O–H groups in total. The first kappa shape index (κ1) is 9.70. The van der Waals surface area contributed by atoms with Crippen molar-refractivity contribution in [2.45, 2.75) is 6.23 Å². The molecule has 1 heterocycles. The van der Waals surface area contributed by atoms with Gasteiger partial charge in [0.2, 0.25) is 6.23 Å². The van der Waals surface area contributed by atoms with E-state index >= 15 is 0 Å². The third kappa shape index (κ3) is 1.77. The quantitative estimate of drug-likeness (QED) is 0.731. The predicted molar refractivity (Wildman–Crippen MR) is 64.2 cm³/mol. The lowest BCUT2D eigenvalue weighted by Crippen LogP contribution is -1.93. The monoisotopic (exact) mass is 231 g/mol. The molecule has 2 nitrogen and oxygen atoms in total. The Hall–Kier alpha value is -1.51. The van der Waals surface area contributed by atoms with Crippen molar-refractivity contribution in [3.8, 4) is 0 Å². The molecule has 3 rings (SSSR count). The van der Waals surface area contributed by atoms with Crippen LogP contribution in [0.4, 0.5) is 5.69 Å². The molecular formula is C13H10ClNO. The van der Waals surface area contributed by atoms with Crippen LogP contribution in [0.1, 0.15) is 11.8 Å². The highest BCUT2D eigenvalue weighted by Gasteiger charge is 2.38. The summed E-state index contributed by atoms with van der Waals surface area (Å²) in [6.07, 6.45) is 0.0275. The average Bonchev–Trinajstić information content (AvgIpc) is 3.11. The molecule has 1 atom stereocenters. The molecular weight excluding hydrogens is 222 g/mol. The number of hydroxylamine groups is 1. The number of halogens is 1. The van der Waals surface area contributed by atoms with Crippen LogP contribution in [0.3, 0.4) is 0 Å². The van der Waals surface area contributed by atoms with Crippen LogP contribution >= 0.6 is 11.6 Å². The minimum atomic E-state index is 0.0275. The van der Waals surface area contributed by atoms with E-state index < -0.39 is 0 Å². The molecule has 1 aliphatic heterocycles. The number of para-hydroxylation sites is 1. The SMILES string of the molecule is Clc1ccc([C@H]2ON2c2ccccc2)cc1. The molecule has 0 bridgehead atoms. The van der Waals surface area contributed by atoms with E-state index in [2.05, 4.69) is 0 Å². The van der Waals surface area contributed by atoms with Gasteiger partial charge in [-0.05, 0) is 24.3 Å². The second-order valence-corrected chi connectivity index (χ2v) is 4.11. The number of anilines is 1. The van der Waals surface area contributed by atoms with Crippen molar-refractivity contribution in [3.05, 3.63) is 65.2 Å². The van der Waals surface area contributed by atoms with Crippen LogP contribution in [0.2, 0.25) is 5.02 Å². The van der Waals surface area contributed by atoms with Crippen LogP contribution in [-0.2, 0) is 4.84 Å². The molecule has 0 saturated carbocycles. The van der Waals surface area contributed by atoms with Crippen molar-refractivity contribution in [2.24, 2.45) is 0 Å². The molecule has 1 fully saturated rings. The average molecular weight is 232 g/mol. The molecule has 0 amide bonds. The Morgan fingerprint density at radius 3 is 2.31 bits per heavy atom. The molecule has 0 unspecified atom stereocenters. The van der Waals surface area contributed by atoms with E-state index in [0.29, 0.717) is 0 Å². The molecule has 0 radical (unpaired) electrons. The Bertz CT molecular complexity index is 483. The normalized spacial score (nSPS) is 18.6. The number of benzene rings is 2. The zero-order valence-corrected chi connectivity index (χ0v) is 9.26. The minimum Gasteiger partial charge on any atom is -0.238 e. The smallest absolute Gasteiger partial charge is 0.206 e. The standard InChI is InChI=1S/C13H10ClNO/c14-11-8-6-10(7-9-11)13-15(16-13)12-4-2-1-3-5-12/h1-9,13H/t13-,15?/m1/s1. The van der Waals surface area contributed by atoms with Gasteiger partial charge in [0.05, 0.1) is 5.69 Å². The summed E-state index contributed by atoms with van der Waals surface area (Å²) in [4.78, 5) is 5.52. The van der Waals surface area contributed by atoms with Crippen molar-refractivity contribution in [1.82, 2.24) is 0 Å². The maximum atomic E-state index is 5.84. The topological polar surface area (TPSA) is 15.5 Å². The van der Waals surface area contributed by atoms with Gasteiger partial charge in [-0.3, -0.25) is 0 Å². The third-order valence-corrected chi connectivity index (χ3v) is 2.80. The predicted octanol–water partition coefficient (Wildman–Crippen LogP) is 3.79. The van der Waals surface area contributed by atoms with Crippen LogP contribution in [0, 0.1) is 0 Å². The highest BCUT2D eigenvalue weighted by atomic mass is 35.5. The molecule has 2 aromatic rings. The van der Waals surface area contributed by atoms with Gasteiger partial charge < -0.3 is 0 Å². The first-order valence-electron chi connectivity index (χ1n) is 5.11. The van der Waals surface area contributed by atoms with Gasteiger partial charge >= 0.3 is 0 Å². The summed E-state index contributed by atoms with van der Waals surface area (Å²) in [6.45, 7) is 0. The molecule has 16 heavy (non-hydrogen) atoms. The summed E-state index contributed by atoms with van der Waals surface area (Å²) in [6, 6.07) is 17.7. The minimum absolute atomic E-state index is 0.0275. The fraction of sp³-hybridized carbons (Fsp3) is 0.0769. The number of nitrogens with zero attached hydrogens (tertiary/aromatic N) is 1. The molecule has 0 spiro atoms. The summed E-state index contributed by atoms with van der Waals surface area (Å²) >= 11 is 5.84. The van der Waals surface area contributed by atoms with Gasteiger partial charge in [-0.2, -0.15) is 0 Å². The Morgan fingerprint density at radius 1 is 0.938 bits per heavy atom. The molecule has 80 valence electrons. The van der Waals surface area contributed by atoms with E-state index in [1.807, 2.05) is 59.7 Å². The lowest BCUT2D eigenvalue weighted by molar-refractivity contribution is 0.402. The molecule has 1 saturated heterocycles. The van der Waals surface area contributed by atoms with Crippen LogP contribution < -0.4 is 5.06 Å². The number of rotatable bonds is 2. The Morgan fingerprint density at radius 2 is 1.62 bits per heavy atom. The van der Waals surface area contributed by atoms with Gasteiger partial charge in [0.1, 0.15) is 0 Å². The van der Waals surface area contributed by atoms with Gasteiger partial charge in [-0.1, -0.05) is 41.9 Å².